The van der Waals surface area contributed by atoms with Crippen molar-refractivity contribution in [3.8, 4) is 5.75 Å². The fraction of sp³-hybridized carbons (Fsp3) is 0.250. The van der Waals surface area contributed by atoms with Crippen LogP contribution in [-0.4, -0.2) is 24.8 Å². The highest BCUT2D eigenvalue weighted by Gasteiger charge is 2.11. The predicted octanol–water partition coefficient (Wildman–Crippen LogP) is 1.36. The fourth-order valence-corrected chi connectivity index (χ4v) is 1.18. The van der Waals surface area contributed by atoms with Gasteiger partial charge in [-0.3, -0.25) is 14.4 Å². The van der Waals surface area contributed by atoms with E-state index in [1.54, 1.807) is 0 Å². The number of ketones is 1. The highest BCUT2D eigenvalue weighted by atomic mass is 16.5. The summed E-state index contributed by atoms with van der Waals surface area (Å²) in [5.74, 6) is -1.00. The van der Waals surface area contributed by atoms with Crippen LogP contribution in [0.4, 0.5) is 0 Å². The standard InChI is InChI=1S/C12H12O5/c1-8(13)17-10-5-3-9(4-6-10)11(14)7-12(15)16-2/h3-6H,7H2,1-2H3. The zero-order valence-corrected chi connectivity index (χ0v) is 9.56. The smallest absolute Gasteiger partial charge is 0.313 e. The maximum absolute atomic E-state index is 11.5. The van der Waals surface area contributed by atoms with Crippen LogP contribution in [-0.2, 0) is 14.3 Å². The van der Waals surface area contributed by atoms with Crippen molar-refractivity contribution in [2.24, 2.45) is 0 Å². The normalized spacial score (nSPS) is 9.53. The van der Waals surface area contributed by atoms with E-state index in [9.17, 15) is 14.4 Å². The topological polar surface area (TPSA) is 69.7 Å². The second-order valence-corrected chi connectivity index (χ2v) is 3.29. The maximum atomic E-state index is 11.5. The van der Waals surface area contributed by atoms with Crippen molar-refractivity contribution in [2.75, 3.05) is 7.11 Å². The molecule has 0 radical (unpaired) electrons. The molecule has 0 saturated carbocycles. The van der Waals surface area contributed by atoms with E-state index >= 15 is 0 Å². The third-order valence-electron chi connectivity index (χ3n) is 1.97. The van der Waals surface area contributed by atoms with E-state index < -0.39 is 11.9 Å². The van der Waals surface area contributed by atoms with Crippen molar-refractivity contribution in [1.29, 1.82) is 0 Å². The SMILES string of the molecule is COC(=O)CC(=O)c1ccc(OC(C)=O)cc1. The van der Waals surface area contributed by atoms with Gasteiger partial charge in [0.05, 0.1) is 7.11 Å². The maximum Gasteiger partial charge on any atom is 0.313 e. The van der Waals surface area contributed by atoms with Gasteiger partial charge in [-0.05, 0) is 24.3 Å². The quantitative estimate of drug-likeness (QED) is 0.341. The number of rotatable bonds is 4. The van der Waals surface area contributed by atoms with Crippen LogP contribution in [0.5, 0.6) is 5.75 Å². The average Bonchev–Trinajstić information content (AvgIpc) is 2.28. The van der Waals surface area contributed by atoms with Crippen LogP contribution in [0.1, 0.15) is 23.7 Å². The zero-order chi connectivity index (χ0) is 12.8. The Morgan fingerprint density at radius 2 is 1.71 bits per heavy atom. The largest absolute Gasteiger partial charge is 0.469 e. The molecule has 90 valence electrons. The molecule has 0 heterocycles. The molecule has 0 bridgehead atoms. The summed E-state index contributed by atoms with van der Waals surface area (Å²) in [6.07, 6.45) is -0.302. The first-order valence-corrected chi connectivity index (χ1v) is 4.91. The number of Topliss-reactive ketones (excluding diaryl/α,β-unsaturated/α-hetero) is 1. The Bertz CT molecular complexity index is 433. The lowest BCUT2D eigenvalue weighted by molar-refractivity contribution is -0.139. The third-order valence-corrected chi connectivity index (χ3v) is 1.97. The van der Waals surface area contributed by atoms with Crippen LogP contribution in [0.15, 0.2) is 24.3 Å². The van der Waals surface area contributed by atoms with E-state index in [1.165, 1.54) is 38.3 Å². The molecule has 1 aromatic carbocycles. The summed E-state index contributed by atoms with van der Waals surface area (Å²) in [5, 5.41) is 0. The molecule has 0 aromatic heterocycles. The van der Waals surface area contributed by atoms with Crippen molar-refractivity contribution in [2.45, 2.75) is 13.3 Å². The Morgan fingerprint density at radius 3 is 2.18 bits per heavy atom. The summed E-state index contributed by atoms with van der Waals surface area (Å²) in [7, 11) is 1.22. The average molecular weight is 236 g/mol. The molecule has 0 amide bonds. The van der Waals surface area contributed by atoms with Crippen LogP contribution in [0.25, 0.3) is 0 Å². The minimum atomic E-state index is -0.584. The number of methoxy groups -OCH3 is 1. The Morgan fingerprint density at radius 1 is 1.12 bits per heavy atom. The first-order chi connectivity index (χ1) is 8.02. The number of carbonyl (C=O) groups is 3. The molecule has 0 aliphatic carbocycles. The van der Waals surface area contributed by atoms with Gasteiger partial charge in [0, 0.05) is 12.5 Å². The molecule has 0 unspecified atom stereocenters. The molecular weight excluding hydrogens is 224 g/mol. The molecule has 17 heavy (non-hydrogen) atoms. The van der Waals surface area contributed by atoms with Gasteiger partial charge in [-0.25, -0.2) is 0 Å². The monoisotopic (exact) mass is 236 g/mol. The highest BCUT2D eigenvalue weighted by molar-refractivity contribution is 6.05. The first kappa shape index (κ1) is 12.9. The van der Waals surface area contributed by atoms with E-state index in [1.807, 2.05) is 0 Å². The number of benzene rings is 1. The van der Waals surface area contributed by atoms with Crippen molar-refractivity contribution in [3.05, 3.63) is 29.8 Å². The van der Waals surface area contributed by atoms with E-state index in [0.29, 0.717) is 11.3 Å². The van der Waals surface area contributed by atoms with E-state index in [2.05, 4.69) is 4.74 Å². The van der Waals surface area contributed by atoms with Crippen molar-refractivity contribution in [3.63, 3.8) is 0 Å². The highest BCUT2D eigenvalue weighted by Crippen LogP contribution is 2.13. The van der Waals surface area contributed by atoms with Gasteiger partial charge in [-0.1, -0.05) is 0 Å². The van der Waals surface area contributed by atoms with Gasteiger partial charge in [0.15, 0.2) is 5.78 Å². The number of hydrogen-bond donors (Lipinski definition) is 0. The first-order valence-electron chi connectivity index (χ1n) is 4.91. The summed E-state index contributed by atoms with van der Waals surface area (Å²) in [4.78, 5) is 33.1. The lowest BCUT2D eigenvalue weighted by Crippen LogP contribution is -2.09. The summed E-state index contributed by atoms with van der Waals surface area (Å²) in [6.45, 7) is 1.29. The predicted molar refractivity (Wildman–Crippen MR) is 58.7 cm³/mol. The van der Waals surface area contributed by atoms with Crippen LogP contribution in [0.3, 0.4) is 0 Å². The Labute approximate surface area is 98.3 Å². The second kappa shape index (κ2) is 5.79. The van der Waals surface area contributed by atoms with Crippen molar-refractivity contribution < 1.29 is 23.9 Å². The molecule has 0 aliphatic heterocycles. The molecule has 5 nitrogen and oxygen atoms in total. The van der Waals surface area contributed by atoms with E-state index in [4.69, 9.17) is 4.74 Å². The van der Waals surface area contributed by atoms with Gasteiger partial charge < -0.3 is 9.47 Å². The molecule has 0 fully saturated rings. The Balaban J connectivity index is 2.70. The zero-order valence-electron chi connectivity index (χ0n) is 9.56. The van der Waals surface area contributed by atoms with Gasteiger partial charge in [0.2, 0.25) is 0 Å². The van der Waals surface area contributed by atoms with Gasteiger partial charge in [-0.15, -0.1) is 0 Å². The third kappa shape index (κ3) is 4.06. The summed E-state index contributed by atoms with van der Waals surface area (Å²) in [6, 6.07) is 5.96. The number of ether oxygens (including phenoxy) is 2. The van der Waals surface area contributed by atoms with Gasteiger partial charge >= 0.3 is 11.9 Å². The van der Waals surface area contributed by atoms with Gasteiger partial charge in [-0.2, -0.15) is 0 Å². The number of carbonyl (C=O) groups excluding carboxylic acids is 3. The second-order valence-electron chi connectivity index (χ2n) is 3.29. The lowest BCUT2D eigenvalue weighted by atomic mass is 10.1. The number of hydrogen-bond acceptors (Lipinski definition) is 5. The molecule has 5 heteroatoms. The molecule has 0 aliphatic rings. The van der Waals surface area contributed by atoms with Crippen LogP contribution in [0, 0.1) is 0 Å². The van der Waals surface area contributed by atoms with Crippen molar-refractivity contribution in [1.82, 2.24) is 0 Å². The minimum Gasteiger partial charge on any atom is -0.469 e. The summed E-state index contributed by atoms with van der Waals surface area (Å²) < 4.78 is 9.20. The van der Waals surface area contributed by atoms with Gasteiger partial charge in [0.1, 0.15) is 12.2 Å². The van der Waals surface area contributed by atoms with Crippen LogP contribution < -0.4 is 4.74 Å². The van der Waals surface area contributed by atoms with Crippen LogP contribution >= 0.6 is 0 Å². The van der Waals surface area contributed by atoms with E-state index in [-0.39, 0.29) is 12.2 Å². The van der Waals surface area contributed by atoms with Crippen molar-refractivity contribution >= 4 is 17.7 Å². The molecule has 0 atom stereocenters. The molecule has 1 aromatic rings. The molecule has 0 N–H and O–H groups in total. The van der Waals surface area contributed by atoms with Crippen LogP contribution in [0.2, 0.25) is 0 Å². The Kier molecular flexibility index (Phi) is 4.39. The summed E-state index contributed by atoms with van der Waals surface area (Å²) >= 11 is 0. The Hall–Kier alpha value is -2.17. The minimum absolute atomic E-state index is 0.302. The van der Waals surface area contributed by atoms with E-state index in [0.717, 1.165) is 0 Å². The number of esters is 2. The molecule has 0 spiro atoms. The summed E-state index contributed by atoms with van der Waals surface area (Å²) in [5.41, 5.74) is 0.367. The van der Waals surface area contributed by atoms with Gasteiger partial charge in [0.25, 0.3) is 0 Å². The fourth-order valence-electron chi connectivity index (χ4n) is 1.18. The molecule has 0 saturated heterocycles. The molecule has 1 rings (SSSR count). The molecular formula is C12H12O5. The lowest BCUT2D eigenvalue weighted by Gasteiger charge is -2.03.